The third kappa shape index (κ3) is 3.34. The van der Waals surface area contributed by atoms with E-state index in [-0.39, 0.29) is 23.4 Å². The summed E-state index contributed by atoms with van der Waals surface area (Å²) in [6.45, 7) is 1.26. The van der Waals surface area contributed by atoms with Gasteiger partial charge in [-0.05, 0) is 18.2 Å². The molecule has 0 aliphatic heterocycles. The lowest BCUT2D eigenvalue weighted by atomic mass is 10.2. The number of aliphatic hydroxyl groups is 1. The molecular weight excluding hydrogens is 282 g/mol. The SMILES string of the molecule is Cc1nnc(NS(=O)(=O)c2cccc(C#CCO)c2)o1. The maximum absolute atomic E-state index is 12.1. The molecule has 20 heavy (non-hydrogen) atoms. The van der Waals surface area contributed by atoms with Crippen molar-refractivity contribution in [2.45, 2.75) is 11.8 Å². The molecular formula is C12H11N3O4S. The van der Waals surface area contributed by atoms with Gasteiger partial charge >= 0.3 is 6.01 Å². The van der Waals surface area contributed by atoms with Crippen LogP contribution in [0.5, 0.6) is 0 Å². The van der Waals surface area contributed by atoms with Crippen LogP contribution in [0, 0.1) is 18.8 Å². The number of aromatic nitrogens is 2. The quantitative estimate of drug-likeness (QED) is 0.799. The molecule has 1 heterocycles. The van der Waals surface area contributed by atoms with E-state index in [1.54, 1.807) is 19.1 Å². The molecule has 0 atom stereocenters. The highest BCUT2D eigenvalue weighted by atomic mass is 32.2. The van der Waals surface area contributed by atoms with Gasteiger partial charge < -0.3 is 9.52 Å². The summed E-state index contributed by atoms with van der Waals surface area (Å²) in [6, 6.07) is 5.78. The summed E-state index contributed by atoms with van der Waals surface area (Å²) in [6.07, 6.45) is 0. The third-order valence-corrected chi connectivity index (χ3v) is 3.52. The van der Waals surface area contributed by atoms with Gasteiger partial charge in [-0.2, -0.15) is 0 Å². The fourth-order valence-electron chi connectivity index (χ4n) is 1.39. The first-order valence-electron chi connectivity index (χ1n) is 5.54. The molecule has 0 fully saturated rings. The van der Waals surface area contributed by atoms with E-state index in [0.717, 1.165) is 0 Å². The number of rotatable bonds is 3. The van der Waals surface area contributed by atoms with Crippen LogP contribution in [0.15, 0.2) is 33.6 Å². The molecule has 2 N–H and O–H groups in total. The predicted octanol–water partition coefficient (Wildman–Crippen LogP) is 0.523. The van der Waals surface area contributed by atoms with Crippen molar-refractivity contribution < 1.29 is 17.9 Å². The Morgan fingerprint density at radius 1 is 1.40 bits per heavy atom. The fraction of sp³-hybridized carbons (Fsp3) is 0.167. The fourth-order valence-corrected chi connectivity index (χ4v) is 2.36. The highest BCUT2D eigenvalue weighted by molar-refractivity contribution is 7.92. The van der Waals surface area contributed by atoms with Gasteiger partial charge in [-0.15, -0.1) is 5.10 Å². The summed E-state index contributed by atoms with van der Waals surface area (Å²) in [5, 5.41) is 15.7. The number of aliphatic hydroxyl groups excluding tert-OH is 1. The Balaban J connectivity index is 2.29. The van der Waals surface area contributed by atoms with Gasteiger partial charge in [0.2, 0.25) is 5.89 Å². The Labute approximate surface area is 115 Å². The third-order valence-electron chi connectivity index (χ3n) is 2.20. The molecule has 0 saturated carbocycles. The highest BCUT2D eigenvalue weighted by Gasteiger charge is 2.17. The summed E-state index contributed by atoms with van der Waals surface area (Å²) in [4.78, 5) is 0.0121. The first kappa shape index (κ1) is 14.0. The summed E-state index contributed by atoms with van der Waals surface area (Å²) in [5.41, 5.74) is 0.476. The molecule has 2 rings (SSSR count). The maximum atomic E-state index is 12.1. The Kier molecular flexibility index (Phi) is 4.02. The summed E-state index contributed by atoms with van der Waals surface area (Å²) in [7, 11) is -3.82. The van der Waals surface area contributed by atoms with E-state index < -0.39 is 10.0 Å². The van der Waals surface area contributed by atoms with E-state index in [0.29, 0.717) is 5.56 Å². The van der Waals surface area contributed by atoms with Crippen molar-refractivity contribution in [3.05, 3.63) is 35.7 Å². The largest absolute Gasteiger partial charge is 0.408 e. The molecule has 0 amide bonds. The van der Waals surface area contributed by atoms with Gasteiger partial charge in [-0.1, -0.05) is 23.0 Å². The van der Waals surface area contributed by atoms with E-state index in [2.05, 4.69) is 26.8 Å². The summed E-state index contributed by atoms with van der Waals surface area (Å²) >= 11 is 0. The summed E-state index contributed by atoms with van der Waals surface area (Å²) in [5.74, 6) is 5.33. The average molecular weight is 293 g/mol. The van der Waals surface area contributed by atoms with Gasteiger partial charge in [0.05, 0.1) is 4.90 Å². The van der Waals surface area contributed by atoms with Crippen LogP contribution in [0.3, 0.4) is 0 Å². The molecule has 0 radical (unpaired) electrons. The second-order valence-corrected chi connectivity index (χ2v) is 5.40. The minimum absolute atomic E-state index is 0.0121. The van der Waals surface area contributed by atoms with E-state index in [4.69, 9.17) is 9.52 Å². The molecule has 104 valence electrons. The molecule has 0 saturated heterocycles. The van der Waals surface area contributed by atoms with Crippen molar-refractivity contribution in [3.8, 4) is 11.8 Å². The van der Waals surface area contributed by atoms with Crippen molar-refractivity contribution in [2.75, 3.05) is 11.3 Å². The predicted molar refractivity (Wildman–Crippen MR) is 70.2 cm³/mol. The first-order valence-corrected chi connectivity index (χ1v) is 7.02. The highest BCUT2D eigenvalue weighted by Crippen LogP contribution is 2.15. The van der Waals surface area contributed by atoms with Crippen LogP contribution in [0.1, 0.15) is 11.5 Å². The normalized spacial score (nSPS) is 10.7. The zero-order chi connectivity index (χ0) is 14.6. The number of nitrogens with zero attached hydrogens (tertiary/aromatic N) is 2. The summed E-state index contributed by atoms with van der Waals surface area (Å²) < 4.78 is 31.3. The molecule has 0 unspecified atom stereocenters. The van der Waals surface area contributed by atoms with Crippen LogP contribution in [0.25, 0.3) is 0 Å². The van der Waals surface area contributed by atoms with Crippen molar-refractivity contribution in [1.82, 2.24) is 10.2 Å². The number of hydrogen-bond donors (Lipinski definition) is 2. The standard InChI is InChI=1S/C12H11N3O4S/c1-9-13-14-12(19-9)15-20(17,18)11-6-2-4-10(8-11)5-3-7-16/h2,4,6,8,16H,7H2,1H3,(H,14,15). The number of nitrogens with one attached hydrogen (secondary N) is 1. The van der Waals surface area contributed by atoms with E-state index >= 15 is 0 Å². The van der Waals surface area contributed by atoms with Gasteiger partial charge in [0.1, 0.15) is 6.61 Å². The number of hydrogen-bond acceptors (Lipinski definition) is 6. The Morgan fingerprint density at radius 2 is 2.20 bits per heavy atom. The lowest BCUT2D eigenvalue weighted by Crippen LogP contribution is -2.13. The Hall–Kier alpha value is -2.37. The zero-order valence-corrected chi connectivity index (χ0v) is 11.3. The van der Waals surface area contributed by atoms with Gasteiger partial charge in [0.15, 0.2) is 0 Å². The van der Waals surface area contributed by atoms with Crippen LogP contribution < -0.4 is 4.72 Å². The smallest absolute Gasteiger partial charge is 0.329 e. The van der Waals surface area contributed by atoms with E-state index in [9.17, 15) is 8.42 Å². The Bertz CT molecular complexity index is 771. The molecule has 0 spiro atoms. The van der Waals surface area contributed by atoms with Crippen LogP contribution in [-0.2, 0) is 10.0 Å². The first-order chi connectivity index (χ1) is 9.51. The number of anilines is 1. The van der Waals surface area contributed by atoms with E-state index in [1.807, 2.05) is 0 Å². The van der Waals surface area contributed by atoms with Crippen molar-refractivity contribution >= 4 is 16.0 Å². The van der Waals surface area contributed by atoms with Gasteiger partial charge in [0.25, 0.3) is 10.0 Å². The van der Waals surface area contributed by atoms with Gasteiger partial charge in [0, 0.05) is 12.5 Å². The zero-order valence-electron chi connectivity index (χ0n) is 10.5. The van der Waals surface area contributed by atoms with Crippen LogP contribution in [-0.4, -0.2) is 30.3 Å². The lowest BCUT2D eigenvalue weighted by Gasteiger charge is -2.04. The van der Waals surface area contributed by atoms with Crippen LogP contribution in [0.2, 0.25) is 0 Å². The molecule has 1 aromatic heterocycles. The maximum Gasteiger partial charge on any atom is 0.329 e. The molecule has 0 aliphatic carbocycles. The molecule has 0 aliphatic rings. The molecule has 0 bridgehead atoms. The van der Waals surface area contributed by atoms with Gasteiger partial charge in [-0.3, -0.25) is 0 Å². The second-order valence-electron chi connectivity index (χ2n) is 3.72. The second kappa shape index (κ2) is 5.73. The van der Waals surface area contributed by atoms with Crippen LogP contribution in [0.4, 0.5) is 6.01 Å². The van der Waals surface area contributed by atoms with Crippen molar-refractivity contribution in [2.24, 2.45) is 0 Å². The monoisotopic (exact) mass is 293 g/mol. The minimum atomic E-state index is -3.82. The number of benzene rings is 1. The number of sulfonamides is 1. The van der Waals surface area contributed by atoms with Crippen LogP contribution >= 0.6 is 0 Å². The Morgan fingerprint density at radius 3 is 2.85 bits per heavy atom. The van der Waals surface area contributed by atoms with E-state index in [1.165, 1.54) is 12.1 Å². The lowest BCUT2D eigenvalue weighted by molar-refractivity contribution is 0.350. The number of aryl methyl sites for hydroxylation is 1. The molecule has 7 nitrogen and oxygen atoms in total. The van der Waals surface area contributed by atoms with Crippen molar-refractivity contribution in [3.63, 3.8) is 0 Å². The molecule has 1 aromatic carbocycles. The average Bonchev–Trinajstić information content (AvgIpc) is 2.81. The minimum Gasteiger partial charge on any atom is -0.408 e. The molecule has 8 heteroatoms. The van der Waals surface area contributed by atoms with Gasteiger partial charge in [-0.25, -0.2) is 13.1 Å². The molecule has 2 aromatic rings. The topological polar surface area (TPSA) is 105 Å². The van der Waals surface area contributed by atoms with Crippen molar-refractivity contribution in [1.29, 1.82) is 0 Å².